The molecule has 0 heterocycles. The molecule has 1 aliphatic carbocycles. The summed E-state index contributed by atoms with van der Waals surface area (Å²) in [7, 11) is 0. The monoisotopic (exact) mass is 259 g/mol. The molecule has 100 valence electrons. The lowest BCUT2D eigenvalue weighted by molar-refractivity contribution is 0.130. The Morgan fingerprint density at radius 1 is 1.35 bits per heavy atom. The SMILES string of the molecule is CCCCCC1(S)CCC(O)C(C=NO)CC1. The fourth-order valence-electron chi connectivity index (χ4n) is 2.60. The Morgan fingerprint density at radius 3 is 2.71 bits per heavy atom. The molecule has 0 saturated heterocycles. The Bertz CT molecular complexity index is 248. The molecule has 3 nitrogen and oxygen atoms in total. The second-order valence-corrected chi connectivity index (χ2v) is 6.20. The van der Waals surface area contributed by atoms with Crippen LogP contribution in [-0.4, -0.2) is 27.4 Å². The molecule has 1 saturated carbocycles. The molecule has 0 spiro atoms. The standard InChI is InChI=1S/C13H25NO2S/c1-2-3-4-7-13(17)8-5-11(10-14-16)12(15)6-9-13/h10-12,15-17H,2-9H2,1H3. The van der Waals surface area contributed by atoms with Gasteiger partial charge >= 0.3 is 0 Å². The van der Waals surface area contributed by atoms with Gasteiger partial charge in [-0.2, -0.15) is 12.6 Å². The molecular formula is C13H25NO2S. The number of aliphatic hydroxyl groups excluding tert-OH is 1. The smallest absolute Gasteiger partial charge is 0.0619 e. The fraction of sp³-hybridized carbons (Fsp3) is 0.923. The Hall–Kier alpha value is -0.220. The molecule has 2 N–H and O–H groups in total. The first-order chi connectivity index (χ1) is 8.11. The molecule has 0 bridgehead atoms. The van der Waals surface area contributed by atoms with Crippen LogP contribution >= 0.6 is 12.6 Å². The van der Waals surface area contributed by atoms with Crippen molar-refractivity contribution < 1.29 is 10.3 Å². The summed E-state index contributed by atoms with van der Waals surface area (Å²) in [6.45, 7) is 2.20. The van der Waals surface area contributed by atoms with Crippen molar-refractivity contribution in [2.75, 3.05) is 0 Å². The van der Waals surface area contributed by atoms with E-state index < -0.39 is 0 Å². The second kappa shape index (κ2) is 7.27. The van der Waals surface area contributed by atoms with Crippen molar-refractivity contribution in [3.8, 4) is 0 Å². The van der Waals surface area contributed by atoms with Crippen molar-refractivity contribution in [2.24, 2.45) is 11.1 Å². The topological polar surface area (TPSA) is 52.8 Å². The van der Waals surface area contributed by atoms with Crippen LogP contribution in [0.3, 0.4) is 0 Å². The minimum absolute atomic E-state index is 0.0137. The van der Waals surface area contributed by atoms with Gasteiger partial charge in [0.25, 0.3) is 0 Å². The van der Waals surface area contributed by atoms with E-state index >= 15 is 0 Å². The van der Waals surface area contributed by atoms with Gasteiger partial charge in [0.15, 0.2) is 0 Å². The predicted molar refractivity (Wildman–Crippen MR) is 74.1 cm³/mol. The van der Waals surface area contributed by atoms with E-state index in [4.69, 9.17) is 17.8 Å². The van der Waals surface area contributed by atoms with Gasteiger partial charge in [0.05, 0.1) is 6.10 Å². The number of oxime groups is 1. The molecule has 3 atom stereocenters. The Morgan fingerprint density at radius 2 is 2.06 bits per heavy atom. The normalized spacial score (nSPS) is 35.0. The first kappa shape index (κ1) is 14.8. The third-order valence-electron chi connectivity index (χ3n) is 3.85. The van der Waals surface area contributed by atoms with Crippen LogP contribution in [0.1, 0.15) is 58.3 Å². The van der Waals surface area contributed by atoms with Gasteiger partial charge in [0.1, 0.15) is 0 Å². The fourth-order valence-corrected chi connectivity index (χ4v) is 3.01. The van der Waals surface area contributed by atoms with Gasteiger partial charge in [-0.1, -0.05) is 26.2 Å². The molecule has 1 aliphatic rings. The first-order valence-corrected chi connectivity index (χ1v) is 7.14. The van der Waals surface area contributed by atoms with Crippen LogP contribution in [0.4, 0.5) is 0 Å². The van der Waals surface area contributed by atoms with Crippen LogP contribution < -0.4 is 0 Å². The number of rotatable bonds is 5. The maximum absolute atomic E-state index is 9.95. The quantitative estimate of drug-likeness (QED) is 0.177. The van der Waals surface area contributed by atoms with Gasteiger partial charge in [-0.25, -0.2) is 0 Å². The van der Waals surface area contributed by atoms with Crippen LogP contribution in [-0.2, 0) is 0 Å². The van der Waals surface area contributed by atoms with Crippen molar-refractivity contribution in [1.82, 2.24) is 0 Å². The average molecular weight is 259 g/mol. The van der Waals surface area contributed by atoms with Crippen LogP contribution in [0.15, 0.2) is 5.16 Å². The molecule has 4 heteroatoms. The van der Waals surface area contributed by atoms with E-state index in [0.717, 1.165) is 32.1 Å². The first-order valence-electron chi connectivity index (χ1n) is 6.69. The molecule has 1 rings (SSSR count). The van der Waals surface area contributed by atoms with E-state index in [1.54, 1.807) is 0 Å². The van der Waals surface area contributed by atoms with Crippen LogP contribution in [0.25, 0.3) is 0 Å². The zero-order chi connectivity index (χ0) is 12.7. The van der Waals surface area contributed by atoms with E-state index in [1.165, 1.54) is 25.5 Å². The largest absolute Gasteiger partial charge is 0.411 e. The zero-order valence-corrected chi connectivity index (χ0v) is 11.6. The van der Waals surface area contributed by atoms with Crippen molar-refractivity contribution in [1.29, 1.82) is 0 Å². The third-order valence-corrected chi connectivity index (χ3v) is 4.52. The average Bonchev–Trinajstić information content (AvgIpc) is 2.44. The molecule has 17 heavy (non-hydrogen) atoms. The van der Waals surface area contributed by atoms with Gasteiger partial charge in [-0.05, 0) is 32.1 Å². The molecule has 0 amide bonds. The highest BCUT2D eigenvalue weighted by Crippen LogP contribution is 2.38. The highest BCUT2D eigenvalue weighted by atomic mass is 32.1. The van der Waals surface area contributed by atoms with E-state index in [1.807, 2.05) is 0 Å². The van der Waals surface area contributed by atoms with Gasteiger partial charge < -0.3 is 10.3 Å². The second-order valence-electron chi connectivity index (χ2n) is 5.25. The maximum Gasteiger partial charge on any atom is 0.0619 e. The molecule has 0 aromatic rings. The minimum Gasteiger partial charge on any atom is -0.411 e. The van der Waals surface area contributed by atoms with Crippen LogP contribution in [0, 0.1) is 5.92 Å². The number of nitrogens with zero attached hydrogens (tertiary/aromatic N) is 1. The Kier molecular flexibility index (Phi) is 6.34. The van der Waals surface area contributed by atoms with Gasteiger partial charge in [-0.15, -0.1) is 5.16 Å². The number of aliphatic hydroxyl groups is 1. The highest BCUT2D eigenvalue weighted by Gasteiger charge is 2.32. The lowest BCUT2D eigenvalue weighted by Crippen LogP contribution is -2.20. The van der Waals surface area contributed by atoms with Crippen molar-refractivity contribution in [3.05, 3.63) is 0 Å². The van der Waals surface area contributed by atoms with Crippen molar-refractivity contribution in [3.63, 3.8) is 0 Å². The molecule has 0 radical (unpaired) electrons. The zero-order valence-electron chi connectivity index (χ0n) is 10.7. The summed E-state index contributed by atoms with van der Waals surface area (Å²) in [5.74, 6) is -0.0137. The minimum atomic E-state index is -0.383. The van der Waals surface area contributed by atoms with E-state index in [9.17, 15) is 5.11 Å². The molecular weight excluding hydrogens is 234 g/mol. The molecule has 1 fully saturated rings. The summed E-state index contributed by atoms with van der Waals surface area (Å²) in [5.41, 5.74) is 0. The predicted octanol–water partition coefficient (Wildman–Crippen LogP) is 3.25. The van der Waals surface area contributed by atoms with Gasteiger partial charge in [-0.3, -0.25) is 0 Å². The summed E-state index contributed by atoms with van der Waals surface area (Å²) in [6, 6.07) is 0. The van der Waals surface area contributed by atoms with Gasteiger partial charge in [0, 0.05) is 16.9 Å². The summed E-state index contributed by atoms with van der Waals surface area (Å²) < 4.78 is 0.0637. The van der Waals surface area contributed by atoms with Crippen molar-refractivity contribution in [2.45, 2.75) is 69.1 Å². The molecule has 0 aromatic heterocycles. The lowest BCUT2D eigenvalue weighted by atomic mass is 9.92. The lowest BCUT2D eigenvalue weighted by Gasteiger charge is -2.27. The van der Waals surface area contributed by atoms with Crippen LogP contribution in [0.5, 0.6) is 0 Å². The summed E-state index contributed by atoms with van der Waals surface area (Å²) in [5, 5.41) is 21.6. The maximum atomic E-state index is 9.95. The van der Waals surface area contributed by atoms with E-state index in [2.05, 4.69) is 12.1 Å². The number of hydrogen-bond acceptors (Lipinski definition) is 4. The molecule has 3 unspecified atom stereocenters. The molecule has 0 aliphatic heterocycles. The summed E-state index contributed by atoms with van der Waals surface area (Å²) in [4.78, 5) is 0. The summed E-state index contributed by atoms with van der Waals surface area (Å²) >= 11 is 4.82. The highest BCUT2D eigenvalue weighted by molar-refractivity contribution is 7.81. The Labute approximate surface area is 110 Å². The summed E-state index contributed by atoms with van der Waals surface area (Å²) in [6.07, 6.45) is 9.48. The Balaban J connectivity index is 2.49. The number of thiol groups is 1. The third kappa shape index (κ3) is 4.88. The van der Waals surface area contributed by atoms with E-state index in [-0.39, 0.29) is 16.8 Å². The molecule has 0 aromatic carbocycles. The van der Waals surface area contributed by atoms with Gasteiger partial charge in [0.2, 0.25) is 0 Å². The van der Waals surface area contributed by atoms with Crippen LogP contribution in [0.2, 0.25) is 0 Å². The van der Waals surface area contributed by atoms with E-state index in [0.29, 0.717) is 0 Å². The number of unbranched alkanes of at least 4 members (excludes halogenated alkanes) is 2. The van der Waals surface area contributed by atoms with Crippen molar-refractivity contribution >= 4 is 18.8 Å². The number of hydrogen-bond donors (Lipinski definition) is 3.